The maximum absolute atomic E-state index is 14.1. The first-order chi connectivity index (χ1) is 16.9. The summed E-state index contributed by atoms with van der Waals surface area (Å²) >= 11 is 0. The average molecular weight is 505 g/mol. The van der Waals surface area contributed by atoms with E-state index in [0.29, 0.717) is 23.4 Å². The molecule has 0 spiro atoms. The summed E-state index contributed by atoms with van der Waals surface area (Å²) < 4.78 is 47.2. The van der Waals surface area contributed by atoms with Crippen LogP contribution in [0.25, 0.3) is 0 Å². The van der Waals surface area contributed by atoms with E-state index in [2.05, 4.69) is 36.3 Å². The Bertz CT molecular complexity index is 1120. The third kappa shape index (κ3) is 5.12. The first kappa shape index (κ1) is 25.8. The number of nitrogens with zero attached hydrogens (tertiary/aromatic N) is 2. The molecule has 10 heteroatoms. The summed E-state index contributed by atoms with van der Waals surface area (Å²) in [7, 11) is 1.13. The van der Waals surface area contributed by atoms with E-state index in [0.717, 1.165) is 13.5 Å². The lowest BCUT2D eigenvalue weighted by atomic mass is 9.83. The van der Waals surface area contributed by atoms with Crippen LogP contribution in [0.3, 0.4) is 0 Å². The largest absolute Gasteiger partial charge is 0.446 e. The van der Waals surface area contributed by atoms with Gasteiger partial charge in [0.25, 0.3) is 0 Å². The molecule has 2 amide bonds. The molecular weight excluding hydrogens is 473 g/mol. The zero-order chi connectivity index (χ0) is 26.3. The van der Waals surface area contributed by atoms with Crippen LogP contribution in [0.4, 0.5) is 23.7 Å². The van der Waals surface area contributed by atoms with Crippen molar-refractivity contribution in [1.82, 2.24) is 9.88 Å². The van der Waals surface area contributed by atoms with E-state index >= 15 is 0 Å². The number of fused-ring (bicyclic) bond motifs is 1. The van der Waals surface area contributed by atoms with E-state index in [1.807, 2.05) is 12.1 Å². The SMILES string of the molecule is CN(C(=O)[C@@H]1CC[C@H](OC(N)=O)C1)[C@@H](c1ccc(N[C@@H]2Cc3ccccc3C2(C)C)cn1)C(F)(F)F. The number of pyridine rings is 1. The lowest BCUT2D eigenvalue weighted by Crippen LogP contribution is -2.42. The Balaban J connectivity index is 1.48. The molecule has 0 unspecified atom stereocenters. The standard InChI is InChI=1S/C26H31F3N4O3/c1-25(2)19-7-5-4-6-15(19)13-21(25)32-17-9-11-20(31-14-17)22(26(27,28)29)33(3)23(34)16-8-10-18(12-16)36-24(30)35/h4-7,9,11,14,16,18,21-22,32H,8,10,12-13H2,1-3H3,(H2,30,35)/t16-,18+,21-,22+/m1/s1. The Morgan fingerprint density at radius 1 is 1.19 bits per heavy atom. The van der Waals surface area contributed by atoms with E-state index in [4.69, 9.17) is 10.5 Å². The van der Waals surface area contributed by atoms with Gasteiger partial charge < -0.3 is 20.7 Å². The summed E-state index contributed by atoms with van der Waals surface area (Å²) in [6, 6.07) is 8.95. The molecule has 1 heterocycles. The van der Waals surface area contributed by atoms with Gasteiger partial charge in [0, 0.05) is 24.4 Å². The number of benzene rings is 1. The normalized spacial score (nSPS) is 23.6. The first-order valence-corrected chi connectivity index (χ1v) is 12.0. The predicted octanol–water partition coefficient (Wildman–Crippen LogP) is 4.72. The fraction of sp³-hybridized carbons (Fsp3) is 0.500. The number of alkyl halides is 3. The summed E-state index contributed by atoms with van der Waals surface area (Å²) in [6.07, 6.45) is -3.21. The number of ether oxygens (including phenoxy) is 1. The minimum atomic E-state index is -4.72. The van der Waals surface area contributed by atoms with Crippen LogP contribution in [-0.4, -0.2) is 47.3 Å². The quantitative estimate of drug-likeness (QED) is 0.593. The molecule has 36 heavy (non-hydrogen) atoms. The lowest BCUT2D eigenvalue weighted by Gasteiger charge is -2.32. The number of amides is 2. The highest BCUT2D eigenvalue weighted by molar-refractivity contribution is 5.79. The van der Waals surface area contributed by atoms with E-state index in [1.54, 1.807) is 6.07 Å². The molecule has 2 aromatic rings. The summed E-state index contributed by atoms with van der Waals surface area (Å²) in [5.41, 5.74) is 7.70. The maximum atomic E-state index is 14.1. The van der Waals surface area contributed by atoms with Gasteiger partial charge in [0.05, 0.1) is 17.6 Å². The highest BCUT2D eigenvalue weighted by Gasteiger charge is 2.48. The van der Waals surface area contributed by atoms with Crippen molar-refractivity contribution in [3.05, 3.63) is 59.4 Å². The van der Waals surface area contributed by atoms with Crippen LogP contribution in [0.15, 0.2) is 42.6 Å². The molecule has 4 atom stereocenters. The zero-order valence-electron chi connectivity index (χ0n) is 20.5. The number of aromatic nitrogens is 1. The van der Waals surface area contributed by atoms with Crippen LogP contribution in [0, 0.1) is 5.92 Å². The minimum Gasteiger partial charge on any atom is -0.446 e. The number of primary amides is 1. The molecular formula is C26H31F3N4O3. The molecule has 7 nitrogen and oxygen atoms in total. The second-order valence-electron chi connectivity index (χ2n) is 10.2. The van der Waals surface area contributed by atoms with Gasteiger partial charge in [-0.3, -0.25) is 9.78 Å². The van der Waals surface area contributed by atoms with E-state index in [9.17, 15) is 22.8 Å². The number of rotatable bonds is 6. The number of hydrogen-bond acceptors (Lipinski definition) is 5. The van der Waals surface area contributed by atoms with Gasteiger partial charge in [-0.1, -0.05) is 38.1 Å². The summed E-state index contributed by atoms with van der Waals surface area (Å²) in [6.45, 7) is 4.28. The van der Waals surface area contributed by atoms with E-state index in [1.165, 1.54) is 23.4 Å². The molecule has 0 aliphatic heterocycles. The zero-order valence-corrected chi connectivity index (χ0v) is 20.5. The summed E-state index contributed by atoms with van der Waals surface area (Å²) in [4.78, 5) is 28.7. The third-order valence-electron chi connectivity index (χ3n) is 7.48. The van der Waals surface area contributed by atoms with Crippen LogP contribution >= 0.6 is 0 Å². The van der Waals surface area contributed by atoms with Crippen molar-refractivity contribution in [2.24, 2.45) is 11.7 Å². The topological polar surface area (TPSA) is 97.5 Å². The minimum absolute atomic E-state index is 0.0585. The van der Waals surface area contributed by atoms with Gasteiger partial charge in [0.15, 0.2) is 6.04 Å². The Hall–Kier alpha value is -3.30. The molecule has 4 rings (SSSR count). The van der Waals surface area contributed by atoms with E-state index < -0.39 is 36.2 Å². The van der Waals surface area contributed by atoms with Gasteiger partial charge >= 0.3 is 12.3 Å². The molecule has 2 aliphatic rings. The molecule has 0 saturated heterocycles. The summed E-state index contributed by atoms with van der Waals surface area (Å²) in [5, 5.41) is 3.42. The Kier molecular flexibility index (Phi) is 6.90. The number of hydrogen-bond donors (Lipinski definition) is 2. The van der Waals surface area contributed by atoms with Crippen LogP contribution in [0.5, 0.6) is 0 Å². The number of carbonyl (C=O) groups excluding carboxylic acids is 2. The van der Waals surface area contributed by atoms with Gasteiger partial charge in [-0.25, -0.2) is 4.79 Å². The number of carbonyl (C=O) groups is 2. The Labute approximate surface area is 208 Å². The molecule has 1 aromatic carbocycles. The van der Waals surface area contributed by atoms with Gasteiger partial charge in [-0.2, -0.15) is 13.2 Å². The monoisotopic (exact) mass is 504 g/mol. The van der Waals surface area contributed by atoms with Crippen molar-refractivity contribution in [2.75, 3.05) is 12.4 Å². The Morgan fingerprint density at radius 3 is 2.53 bits per heavy atom. The van der Waals surface area contributed by atoms with Crippen molar-refractivity contribution in [3.63, 3.8) is 0 Å². The van der Waals surface area contributed by atoms with Gasteiger partial charge in [-0.05, 0) is 48.9 Å². The first-order valence-electron chi connectivity index (χ1n) is 12.0. The number of halogens is 3. The van der Waals surface area contributed by atoms with Crippen molar-refractivity contribution in [2.45, 2.75) is 69.3 Å². The highest BCUT2D eigenvalue weighted by atomic mass is 19.4. The van der Waals surface area contributed by atoms with Crippen LogP contribution in [-0.2, 0) is 21.4 Å². The van der Waals surface area contributed by atoms with Crippen molar-refractivity contribution in [1.29, 1.82) is 0 Å². The van der Waals surface area contributed by atoms with Crippen molar-refractivity contribution >= 4 is 17.7 Å². The van der Waals surface area contributed by atoms with Crippen molar-refractivity contribution in [3.8, 4) is 0 Å². The second-order valence-corrected chi connectivity index (χ2v) is 10.2. The van der Waals surface area contributed by atoms with Gasteiger partial charge in [-0.15, -0.1) is 0 Å². The van der Waals surface area contributed by atoms with Gasteiger partial charge in [0.1, 0.15) is 6.10 Å². The molecule has 0 radical (unpaired) electrons. The second kappa shape index (κ2) is 9.63. The number of nitrogens with one attached hydrogen (secondary N) is 1. The molecule has 0 bridgehead atoms. The third-order valence-corrected chi connectivity index (χ3v) is 7.48. The maximum Gasteiger partial charge on any atom is 0.414 e. The average Bonchev–Trinajstić information content (AvgIpc) is 3.35. The molecule has 194 valence electrons. The fourth-order valence-corrected chi connectivity index (χ4v) is 5.51. The molecule has 3 N–H and O–H groups in total. The lowest BCUT2D eigenvalue weighted by molar-refractivity contribution is -0.191. The molecule has 2 aliphatic carbocycles. The van der Waals surface area contributed by atoms with Crippen LogP contribution < -0.4 is 11.1 Å². The van der Waals surface area contributed by atoms with Crippen LogP contribution in [0.2, 0.25) is 0 Å². The van der Waals surface area contributed by atoms with Gasteiger partial charge in [0.2, 0.25) is 5.91 Å². The molecule has 1 aromatic heterocycles. The fourth-order valence-electron chi connectivity index (χ4n) is 5.51. The molecule has 1 saturated carbocycles. The predicted molar refractivity (Wildman–Crippen MR) is 128 cm³/mol. The Morgan fingerprint density at radius 2 is 1.92 bits per heavy atom. The number of anilines is 1. The summed E-state index contributed by atoms with van der Waals surface area (Å²) in [5.74, 6) is -1.35. The number of nitrogens with two attached hydrogens (primary N) is 1. The molecule has 1 fully saturated rings. The smallest absolute Gasteiger partial charge is 0.414 e. The highest BCUT2D eigenvalue weighted by Crippen LogP contribution is 2.41. The van der Waals surface area contributed by atoms with Crippen molar-refractivity contribution < 1.29 is 27.5 Å². The van der Waals surface area contributed by atoms with Crippen LogP contribution in [0.1, 0.15) is 56.0 Å². The van der Waals surface area contributed by atoms with E-state index in [-0.39, 0.29) is 23.6 Å².